The number of primary amides is 1. The van der Waals surface area contributed by atoms with E-state index >= 15 is 0 Å². The first-order valence-electron chi connectivity index (χ1n) is 8.22. The monoisotopic (exact) mass is 397 g/mol. The Bertz CT molecular complexity index is 996. The summed E-state index contributed by atoms with van der Waals surface area (Å²) in [5.41, 5.74) is 6.05. The lowest BCUT2D eigenvalue weighted by atomic mass is 10.2. The molecule has 0 bridgehead atoms. The number of nitrogens with two attached hydrogens (primary N) is 1. The van der Waals surface area contributed by atoms with Crippen molar-refractivity contribution in [1.29, 1.82) is 0 Å². The molecular formula is C20H16FN3O3S. The number of carbonyl (C=O) groups excluding carboxylic acids is 2. The van der Waals surface area contributed by atoms with Gasteiger partial charge in [-0.1, -0.05) is 18.2 Å². The van der Waals surface area contributed by atoms with E-state index in [1.807, 2.05) is 0 Å². The number of benzene rings is 2. The van der Waals surface area contributed by atoms with Gasteiger partial charge in [0.25, 0.3) is 0 Å². The van der Waals surface area contributed by atoms with Crippen molar-refractivity contribution in [2.24, 2.45) is 5.73 Å². The Morgan fingerprint density at radius 3 is 2.64 bits per heavy atom. The molecule has 2 aromatic carbocycles. The van der Waals surface area contributed by atoms with Crippen LogP contribution < -0.4 is 15.8 Å². The van der Waals surface area contributed by atoms with Crippen molar-refractivity contribution in [3.05, 3.63) is 78.2 Å². The van der Waals surface area contributed by atoms with Gasteiger partial charge in [-0.3, -0.25) is 9.59 Å². The Morgan fingerprint density at radius 1 is 1.11 bits per heavy atom. The normalized spacial score (nSPS) is 10.3. The van der Waals surface area contributed by atoms with Crippen LogP contribution in [0.25, 0.3) is 0 Å². The average molecular weight is 397 g/mol. The minimum atomic E-state index is -0.551. The third-order valence-electron chi connectivity index (χ3n) is 3.56. The molecule has 6 nitrogen and oxygen atoms in total. The lowest BCUT2D eigenvalue weighted by Gasteiger charge is -2.08. The molecule has 0 unspecified atom stereocenters. The number of hydrogen-bond acceptors (Lipinski definition) is 5. The van der Waals surface area contributed by atoms with E-state index in [9.17, 15) is 14.0 Å². The maximum absolute atomic E-state index is 13.6. The number of pyridine rings is 1. The highest BCUT2D eigenvalue weighted by Gasteiger charge is 2.08. The van der Waals surface area contributed by atoms with Crippen LogP contribution >= 0.6 is 11.8 Å². The van der Waals surface area contributed by atoms with Gasteiger partial charge in [0, 0.05) is 16.5 Å². The molecule has 0 saturated carbocycles. The smallest absolute Gasteiger partial charge is 0.248 e. The van der Waals surface area contributed by atoms with Gasteiger partial charge >= 0.3 is 0 Å². The molecule has 0 saturated heterocycles. The van der Waals surface area contributed by atoms with Crippen LogP contribution in [0.2, 0.25) is 0 Å². The summed E-state index contributed by atoms with van der Waals surface area (Å²) in [5.74, 6) is -0.410. The van der Waals surface area contributed by atoms with Gasteiger partial charge in [0.1, 0.15) is 11.6 Å². The average Bonchev–Trinajstić information content (AvgIpc) is 2.69. The molecule has 0 fully saturated rings. The molecule has 3 rings (SSSR count). The van der Waals surface area contributed by atoms with Crippen LogP contribution in [0.1, 0.15) is 10.4 Å². The number of anilines is 1. The molecule has 3 N–H and O–H groups in total. The van der Waals surface area contributed by atoms with E-state index in [-0.39, 0.29) is 17.5 Å². The Labute approximate surface area is 164 Å². The van der Waals surface area contributed by atoms with E-state index in [4.69, 9.17) is 10.5 Å². The Morgan fingerprint density at radius 2 is 1.93 bits per heavy atom. The van der Waals surface area contributed by atoms with Crippen molar-refractivity contribution in [2.45, 2.75) is 4.90 Å². The molecule has 0 radical (unpaired) electrons. The van der Waals surface area contributed by atoms with Gasteiger partial charge in [0.05, 0.1) is 17.6 Å². The number of hydrogen-bond donors (Lipinski definition) is 2. The topological polar surface area (TPSA) is 94.3 Å². The number of ether oxygens (including phenoxy) is 1. The molecule has 0 aliphatic carbocycles. The summed E-state index contributed by atoms with van der Waals surface area (Å²) >= 11 is 1.11. The molecule has 8 heteroatoms. The standard InChI is InChI=1S/C20H16FN3O3S/c21-16-6-1-2-7-17(16)28-12-18(25)24-14-8-9-19(23-11-14)27-15-5-3-4-13(10-15)20(22)26/h1-11H,12H2,(H2,22,26)(H,24,25). The van der Waals surface area contributed by atoms with Crippen LogP contribution in [-0.4, -0.2) is 22.6 Å². The van der Waals surface area contributed by atoms with Crippen LogP contribution in [-0.2, 0) is 4.79 Å². The summed E-state index contributed by atoms with van der Waals surface area (Å²) in [7, 11) is 0. The summed E-state index contributed by atoms with van der Waals surface area (Å²) in [5, 5.41) is 2.69. The van der Waals surface area contributed by atoms with Crippen molar-refractivity contribution in [3.8, 4) is 11.6 Å². The van der Waals surface area contributed by atoms with Crippen molar-refractivity contribution < 1.29 is 18.7 Å². The Kier molecular flexibility index (Phi) is 6.23. The van der Waals surface area contributed by atoms with Crippen LogP contribution in [0.15, 0.2) is 71.8 Å². The van der Waals surface area contributed by atoms with Gasteiger partial charge in [0.2, 0.25) is 17.7 Å². The number of nitrogens with one attached hydrogen (secondary N) is 1. The van der Waals surface area contributed by atoms with Gasteiger partial charge in [-0.15, -0.1) is 11.8 Å². The third-order valence-corrected chi connectivity index (χ3v) is 4.61. The Hall–Kier alpha value is -3.39. The predicted molar refractivity (Wildman–Crippen MR) is 105 cm³/mol. The maximum atomic E-state index is 13.6. The lowest BCUT2D eigenvalue weighted by molar-refractivity contribution is -0.113. The fraction of sp³-hybridized carbons (Fsp3) is 0.0500. The number of rotatable bonds is 7. The van der Waals surface area contributed by atoms with Crippen LogP contribution in [0.4, 0.5) is 10.1 Å². The second-order valence-corrected chi connectivity index (χ2v) is 6.66. The van der Waals surface area contributed by atoms with E-state index in [1.165, 1.54) is 18.3 Å². The molecule has 28 heavy (non-hydrogen) atoms. The van der Waals surface area contributed by atoms with E-state index in [0.717, 1.165) is 11.8 Å². The fourth-order valence-electron chi connectivity index (χ4n) is 2.25. The first-order valence-corrected chi connectivity index (χ1v) is 9.21. The lowest BCUT2D eigenvalue weighted by Crippen LogP contribution is -2.14. The van der Waals surface area contributed by atoms with Gasteiger partial charge in [0.15, 0.2) is 0 Å². The summed E-state index contributed by atoms with van der Waals surface area (Å²) in [4.78, 5) is 27.7. The van der Waals surface area contributed by atoms with Gasteiger partial charge < -0.3 is 15.8 Å². The largest absolute Gasteiger partial charge is 0.439 e. The maximum Gasteiger partial charge on any atom is 0.248 e. The zero-order valence-corrected chi connectivity index (χ0v) is 15.4. The number of nitrogens with zero attached hydrogens (tertiary/aromatic N) is 1. The van der Waals surface area contributed by atoms with Crippen LogP contribution in [0.3, 0.4) is 0 Å². The zero-order chi connectivity index (χ0) is 19.9. The molecule has 1 heterocycles. The van der Waals surface area contributed by atoms with Gasteiger partial charge in [-0.2, -0.15) is 0 Å². The van der Waals surface area contributed by atoms with E-state index < -0.39 is 5.91 Å². The van der Waals surface area contributed by atoms with Crippen LogP contribution in [0.5, 0.6) is 11.6 Å². The minimum absolute atomic E-state index is 0.0685. The second kappa shape index (κ2) is 9.01. The van der Waals surface area contributed by atoms with E-state index in [1.54, 1.807) is 48.5 Å². The number of carbonyl (C=O) groups is 2. The number of halogens is 1. The molecule has 0 spiro atoms. The fourth-order valence-corrected chi connectivity index (χ4v) is 2.99. The summed E-state index contributed by atoms with van der Waals surface area (Å²) in [6, 6.07) is 15.9. The second-order valence-electron chi connectivity index (χ2n) is 5.65. The summed E-state index contributed by atoms with van der Waals surface area (Å²) in [6.45, 7) is 0. The minimum Gasteiger partial charge on any atom is -0.439 e. The molecule has 0 aliphatic heterocycles. The first kappa shape index (κ1) is 19.4. The molecule has 0 aliphatic rings. The molecule has 2 amide bonds. The summed E-state index contributed by atoms with van der Waals surface area (Å²) < 4.78 is 19.1. The van der Waals surface area contributed by atoms with Crippen molar-refractivity contribution in [1.82, 2.24) is 4.98 Å². The van der Waals surface area contributed by atoms with Gasteiger partial charge in [-0.05, 0) is 36.4 Å². The number of thioether (sulfide) groups is 1. The SMILES string of the molecule is NC(=O)c1cccc(Oc2ccc(NC(=O)CSc3ccccc3F)cn2)c1. The van der Waals surface area contributed by atoms with Gasteiger partial charge in [-0.25, -0.2) is 9.37 Å². The molecule has 142 valence electrons. The highest BCUT2D eigenvalue weighted by molar-refractivity contribution is 8.00. The predicted octanol–water partition coefficient (Wildman–Crippen LogP) is 3.84. The molecule has 1 aromatic heterocycles. The highest BCUT2D eigenvalue weighted by Crippen LogP contribution is 2.23. The zero-order valence-electron chi connectivity index (χ0n) is 14.6. The first-order chi connectivity index (χ1) is 13.5. The highest BCUT2D eigenvalue weighted by atomic mass is 32.2. The van der Waals surface area contributed by atoms with E-state index in [2.05, 4.69) is 10.3 Å². The molecule has 0 atom stereocenters. The number of aromatic nitrogens is 1. The van der Waals surface area contributed by atoms with Crippen molar-refractivity contribution >= 4 is 29.3 Å². The van der Waals surface area contributed by atoms with Crippen molar-refractivity contribution in [3.63, 3.8) is 0 Å². The third kappa shape index (κ3) is 5.31. The quantitative estimate of drug-likeness (QED) is 0.591. The molecular weight excluding hydrogens is 381 g/mol. The van der Waals surface area contributed by atoms with Crippen molar-refractivity contribution in [2.75, 3.05) is 11.1 Å². The number of amides is 2. The summed E-state index contributed by atoms with van der Waals surface area (Å²) in [6.07, 6.45) is 1.44. The van der Waals surface area contributed by atoms with Crippen LogP contribution in [0, 0.1) is 5.82 Å². The van der Waals surface area contributed by atoms with E-state index in [0.29, 0.717) is 27.8 Å². The Balaban J connectivity index is 1.55. The molecule has 3 aromatic rings.